The zero-order valence-corrected chi connectivity index (χ0v) is 12.4. The van der Waals surface area contributed by atoms with Crippen LogP contribution >= 0.6 is 0 Å². The first-order valence-corrected chi connectivity index (χ1v) is 6.92. The number of halogens is 3. The second kappa shape index (κ2) is 7.98. The van der Waals surface area contributed by atoms with E-state index >= 15 is 0 Å². The molecule has 5 nitrogen and oxygen atoms in total. The van der Waals surface area contributed by atoms with Gasteiger partial charge in [0, 0.05) is 19.3 Å². The van der Waals surface area contributed by atoms with Crippen molar-refractivity contribution >= 4 is 11.7 Å². The van der Waals surface area contributed by atoms with Crippen LogP contribution in [0.1, 0.15) is 25.8 Å². The highest BCUT2D eigenvalue weighted by atomic mass is 19.4. The molecule has 0 spiro atoms. The summed E-state index contributed by atoms with van der Waals surface area (Å²) in [6.07, 6.45) is -4.32. The highest BCUT2D eigenvalue weighted by Crippen LogP contribution is 2.28. The minimum absolute atomic E-state index is 0.000206. The van der Waals surface area contributed by atoms with Gasteiger partial charge in [-0.25, -0.2) is 4.98 Å². The van der Waals surface area contributed by atoms with Crippen molar-refractivity contribution in [2.45, 2.75) is 32.5 Å². The van der Waals surface area contributed by atoms with E-state index in [1.165, 1.54) is 6.07 Å². The number of aromatic nitrogens is 1. The van der Waals surface area contributed by atoms with Gasteiger partial charge in [0.2, 0.25) is 5.91 Å². The molecule has 124 valence electrons. The molecule has 1 atom stereocenters. The monoisotopic (exact) mass is 319 g/mol. The number of anilines is 1. The highest BCUT2D eigenvalue weighted by Gasteiger charge is 2.30. The van der Waals surface area contributed by atoms with Gasteiger partial charge >= 0.3 is 6.18 Å². The van der Waals surface area contributed by atoms with E-state index in [1.807, 2.05) is 13.8 Å². The summed E-state index contributed by atoms with van der Waals surface area (Å²) >= 11 is 0. The fourth-order valence-corrected chi connectivity index (χ4v) is 1.56. The molecule has 22 heavy (non-hydrogen) atoms. The summed E-state index contributed by atoms with van der Waals surface area (Å²) in [5.74, 6) is 0.0214. The van der Waals surface area contributed by atoms with E-state index < -0.39 is 17.8 Å². The average Bonchev–Trinajstić information content (AvgIpc) is 2.43. The Labute approximate surface area is 126 Å². The lowest BCUT2D eigenvalue weighted by Gasteiger charge is -2.14. The Morgan fingerprint density at radius 3 is 2.50 bits per heavy atom. The summed E-state index contributed by atoms with van der Waals surface area (Å²) in [4.78, 5) is 15.1. The molecule has 0 fully saturated rings. The fraction of sp³-hybridized carbons (Fsp3) is 0.571. The van der Waals surface area contributed by atoms with E-state index in [0.29, 0.717) is 12.4 Å². The minimum atomic E-state index is -4.41. The number of rotatable bonds is 7. The SMILES string of the molecule is CC(C)C(O)CC(=O)NCCNc1ccc(C(F)(F)F)cn1. The number of carbonyl (C=O) groups excluding carboxylic acids is 1. The van der Waals surface area contributed by atoms with E-state index in [9.17, 15) is 23.1 Å². The number of hydrogen-bond donors (Lipinski definition) is 3. The van der Waals surface area contributed by atoms with Crippen molar-refractivity contribution in [3.05, 3.63) is 23.9 Å². The summed E-state index contributed by atoms with van der Waals surface area (Å²) in [6.45, 7) is 4.24. The third-order valence-electron chi connectivity index (χ3n) is 3.01. The molecule has 8 heteroatoms. The lowest BCUT2D eigenvalue weighted by molar-refractivity contribution is -0.137. The van der Waals surface area contributed by atoms with Crippen molar-refractivity contribution in [1.82, 2.24) is 10.3 Å². The predicted octanol–water partition coefficient (Wildman–Crippen LogP) is 2.04. The number of nitrogens with one attached hydrogen (secondary N) is 2. The average molecular weight is 319 g/mol. The Balaban J connectivity index is 2.29. The van der Waals surface area contributed by atoms with Gasteiger partial charge in [0.15, 0.2) is 0 Å². The van der Waals surface area contributed by atoms with Crippen molar-refractivity contribution in [3.8, 4) is 0 Å². The fourth-order valence-electron chi connectivity index (χ4n) is 1.56. The Kier molecular flexibility index (Phi) is 6.61. The number of alkyl halides is 3. The van der Waals surface area contributed by atoms with E-state index in [1.54, 1.807) is 0 Å². The van der Waals surface area contributed by atoms with Gasteiger partial charge in [-0.15, -0.1) is 0 Å². The quantitative estimate of drug-likeness (QED) is 0.672. The molecule has 0 radical (unpaired) electrons. The van der Waals surface area contributed by atoms with Crippen molar-refractivity contribution in [2.75, 3.05) is 18.4 Å². The summed E-state index contributed by atoms with van der Waals surface area (Å²) in [6, 6.07) is 2.17. The van der Waals surface area contributed by atoms with Crippen LogP contribution in [0.3, 0.4) is 0 Å². The van der Waals surface area contributed by atoms with Gasteiger partial charge in [0.1, 0.15) is 5.82 Å². The molecule has 0 aliphatic rings. The molecule has 0 aromatic carbocycles. The van der Waals surface area contributed by atoms with Gasteiger partial charge in [-0.2, -0.15) is 13.2 Å². The van der Waals surface area contributed by atoms with Gasteiger partial charge in [0.05, 0.1) is 18.1 Å². The van der Waals surface area contributed by atoms with E-state index in [-0.39, 0.29) is 24.8 Å². The van der Waals surface area contributed by atoms with Gasteiger partial charge in [0.25, 0.3) is 0 Å². The third-order valence-corrected chi connectivity index (χ3v) is 3.01. The van der Waals surface area contributed by atoms with Crippen LogP contribution < -0.4 is 10.6 Å². The second-order valence-electron chi connectivity index (χ2n) is 5.22. The zero-order chi connectivity index (χ0) is 16.8. The topological polar surface area (TPSA) is 74.2 Å². The Hall–Kier alpha value is -1.83. The van der Waals surface area contributed by atoms with E-state index in [2.05, 4.69) is 15.6 Å². The molecule has 1 aromatic rings. The van der Waals surface area contributed by atoms with Crippen LogP contribution in [0.25, 0.3) is 0 Å². The van der Waals surface area contributed by atoms with E-state index in [0.717, 1.165) is 12.3 Å². The van der Waals surface area contributed by atoms with Gasteiger partial charge in [-0.05, 0) is 18.1 Å². The van der Waals surface area contributed by atoms with Crippen molar-refractivity contribution in [2.24, 2.45) is 5.92 Å². The smallest absolute Gasteiger partial charge is 0.392 e. The maximum Gasteiger partial charge on any atom is 0.417 e. The number of aliphatic hydroxyl groups is 1. The molecule has 0 aliphatic carbocycles. The van der Waals surface area contributed by atoms with Crippen molar-refractivity contribution < 1.29 is 23.1 Å². The summed E-state index contributed by atoms with van der Waals surface area (Å²) in [5, 5.41) is 14.9. The largest absolute Gasteiger partial charge is 0.417 e. The number of aliphatic hydroxyl groups excluding tert-OH is 1. The molecule has 0 aliphatic heterocycles. The van der Waals surface area contributed by atoms with Crippen LogP contribution in [-0.4, -0.2) is 35.2 Å². The lowest BCUT2D eigenvalue weighted by Crippen LogP contribution is -2.32. The second-order valence-corrected chi connectivity index (χ2v) is 5.22. The predicted molar refractivity (Wildman–Crippen MR) is 76.2 cm³/mol. The number of nitrogens with zero attached hydrogens (tertiary/aromatic N) is 1. The molecule has 1 unspecified atom stereocenters. The summed E-state index contributed by atoms with van der Waals surface area (Å²) in [7, 11) is 0. The van der Waals surface area contributed by atoms with Crippen LogP contribution in [0, 0.1) is 5.92 Å². The molecule has 1 amide bonds. The molecule has 1 aromatic heterocycles. The Morgan fingerprint density at radius 2 is 2.00 bits per heavy atom. The van der Waals surface area contributed by atoms with Crippen LogP contribution in [0.15, 0.2) is 18.3 Å². The normalized spacial score (nSPS) is 13.0. The number of carbonyl (C=O) groups is 1. The third kappa shape index (κ3) is 6.30. The standard InChI is InChI=1S/C14H20F3N3O2/c1-9(2)11(21)7-13(22)19-6-5-18-12-4-3-10(8-20-12)14(15,16)17/h3-4,8-9,11,21H,5-7H2,1-2H3,(H,18,20)(H,19,22). The lowest BCUT2D eigenvalue weighted by atomic mass is 10.0. The molecular formula is C14H20F3N3O2. The first-order valence-electron chi connectivity index (χ1n) is 6.92. The van der Waals surface area contributed by atoms with Gasteiger partial charge in [-0.3, -0.25) is 4.79 Å². The molecule has 1 rings (SSSR count). The molecule has 1 heterocycles. The van der Waals surface area contributed by atoms with Crippen LogP contribution in [-0.2, 0) is 11.0 Å². The van der Waals surface area contributed by atoms with Crippen LogP contribution in [0.4, 0.5) is 19.0 Å². The zero-order valence-electron chi connectivity index (χ0n) is 12.4. The summed E-state index contributed by atoms with van der Waals surface area (Å²) in [5.41, 5.74) is -0.811. The molecular weight excluding hydrogens is 299 g/mol. The first kappa shape index (κ1) is 18.2. The maximum atomic E-state index is 12.3. The van der Waals surface area contributed by atoms with Crippen molar-refractivity contribution in [1.29, 1.82) is 0 Å². The highest BCUT2D eigenvalue weighted by molar-refractivity contribution is 5.76. The number of amides is 1. The number of hydrogen-bond acceptors (Lipinski definition) is 4. The molecule has 3 N–H and O–H groups in total. The first-order chi connectivity index (χ1) is 10.2. The van der Waals surface area contributed by atoms with Crippen molar-refractivity contribution in [3.63, 3.8) is 0 Å². The minimum Gasteiger partial charge on any atom is -0.392 e. The molecule has 0 bridgehead atoms. The molecule has 0 saturated carbocycles. The van der Waals surface area contributed by atoms with E-state index in [4.69, 9.17) is 0 Å². The van der Waals surface area contributed by atoms with Crippen LogP contribution in [0.5, 0.6) is 0 Å². The maximum absolute atomic E-state index is 12.3. The van der Waals surface area contributed by atoms with Crippen LogP contribution in [0.2, 0.25) is 0 Å². The number of pyridine rings is 1. The molecule has 0 saturated heterocycles. The summed E-state index contributed by atoms with van der Waals surface area (Å²) < 4.78 is 37.0. The Bertz CT molecular complexity index is 475. The van der Waals surface area contributed by atoms with Gasteiger partial charge < -0.3 is 15.7 Å². The Morgan fingerprint density at radius 1 is 1.32 bits per heavy atom. The van der Waals surface area contributed by atoms with Gasteiger partial charge in [-0.1, -0.05) is 13.8 Å².